The van der Waals surface area contributed by atoms with E-state index in [-0.39, 0.29) is 11.5 Å². The molecule has 0 amide bonds. The van der Waals surface area contributed by atoms with E-state index in [1.54, 1.807) is 7.11 Å². The van der Waals surface area contributed by atoms with Gasteiger partial charge in [-0.05, 0) is 39.8 Å². The summed E-state index contributed by atoms with van der Waals surface area (Å²) in [4.78, 5) is 14.2. The first-order valence-corrected chi connectivity index (χ1v) is 7.02. The maximum absolute atomic E-state index is 11.8. The molecule has 0 aliphatic carbocycles. The number of hydrogen-bond donors (Lipinski definition) is 0. The fourth-order valence-corrected chi connectivity index (χ4v) is 2.70. The van der Waals surface area contributed by atoms with Gasteiger partial charge in [0.2, 0.25) is 0 Å². The Kier molecular flexibility index (Phi) is 6.65. The Hall–Kier alpha value is -0.610. The molecule has 0 bridgehead atoms. The van der Waals surface area contributed by atoms with E-state index >= 15 is 0 Å². The van der Waals surface area contributed by atoms with Gasteiger partial charge in [-0.15, -0.1) is 0 Å². The fraction of sp³-hybridized carbons (Fsp3) is 0.929. The maximum Gasteiger partial charge on any atom is 0.307 e. The van der Waals surface area contributed by atoms with Crippen LogP contribution in [-0.4, -0.2) is 49.8 Å². The molecule has 106 valence electrons. The summed E-state index contributed by atoms with van der Waals surface area (Å²) in [5, 5.41) is 0. The van der Waals surface area contributed by atoms with Crippen molar-refractivity contribution in [1.29, 1.82) is 0 Å². The molecule has 1 heterocycles. The summed E-state index contributed by atoms with van der Waals surface area (Å²) < 4.78 is 10.4. The SMILES string of the molecule is CCOC(=O)CC(C)(COC)N1CCCCCC1. The van der Waals surface area contributed by atoms with Crippen LogP contribution in [-0.2, 0) is 14.3 Å². The molecule has 1 fully saturated rings. The van der Waals surface area contributed by atoms with Crippen LogP contribution >= 0.6 is 0 Å². The van der Waals surface area contributed by atoms with Gasteiger partial charge in [0.05, 0.1) is 25.2 Å². The van der Waals surface area contributed by atoms with Crippen LogP contribution in [0.2, 0.25) is 0 Å². The molecular weight excluding hydrogens is 230 g/mol. The lowest BCUT2D eigenvalue weighted by Crippen LogP contribution is -2.51. The van der Waals surface area contributed by atoms with Gasteiger partial charge in [-0.25, -0.2) is 0 Å². The number of likely N-dealkylation sites (tertiary alicyclic amines) is 1. The third-order valence-corrected chi connectivity index (χ3v) is 3.66. The number of esters is 1. The van der Waals surface area contributed by atoms with Crippen molar-refractivity contribution >= 4 is 5.97 Å². The Bertz CT molecular complexity index is 249. The Morgan fingerprint density at radius 2 is 1.83 bits per heavy atom. The topological polar surface area (TPSA) is 38.8 Å². The lowest BCUT2D eigenvalue weighted by Gasteiger charge is -2.39. The van der Waals surface area contributed by atoms with Crippen molar-refractivity contribution in [1.82, 2.24) is 4.90 Å². The van der Waals surface area contributed by atoms with Crippen LogP contribution in [0.15, 0.2) is 0 Å². The quantitative estimate of drug-likeness (QED) is 0.684. The Labute approximate surface area is 111 Å². The molecule has 0 aromatic heterocycles. The van der Waals surface area contributed by atoms with E-state index in [4.69, 9.17) is 9.47 Å². The van der Waals surface area contributed by atoms with E-state index in [9.17, 15) is 4.79 Å². The summed E-state index contributed by atoms with van der Waals surface area (Å²) in [6, 6.07) is 0. The lowest BCUT2D eigenvalue weighted by molar-refractivity contribution is -0.147. The van der Waals surface area contributed by atoms with Crippen LogP contribution in [0.5, 0.6) is 0 Å². The zero-order chi connectivity index (χ0) is 13.4. The largest absolute Gasteiger partial charge is 0.466 e. The van der Waals surface area contributed by atoms with Crippen LogP contribution < -0.4 is 0 Å². The van der Waals surface area contributed by atoms with Gasteiger partial charge in [-0.2, -0.15) is 0 Å². The molecule has 1 aliphatic heterocycles. The van der Waals surface area contributed by atoms with E-state index in [1.165, 1.54) is 25.7 Å². The van der Waals surface area contributed by atoms with E-state index in [0.29, 0.717) is 19.6 Å². The minimum absolute atomic E-state index is 0.124. The van der Waals surface area contributed by atoms with Gasteiger partial charge in [0.1, 0.15) is 0 Å². The highest BCUT2D eigenvalue weighted by Gasteiger charge is 2.35. The molecular formula is C14H27NO3. The van der Waals surface area contributed by atoms with Crippen molar-refractivity contribution in [2.45, 2.75) is 51.5 Å². The van der Waals surface area contributed by atoms with Gasteiger partial charge >= 0.3 is 5.97 Å². The first-order chi connectivity index (χ1) is 8.62. The number of carbonyl (C=O) groups is 1. The van der Waals surface area contributed by atoms with Crippen molar-refractivity contribution in [2.75, 3.05) is 33.4 Å². The second-order valence-electron chi connectivity index (χ2n) is 5.31. The van der Waals surface area contributed by atoms with Crippen molar-refractivity contribution in [3.63, 3.8) is 0 Å². The average molecular weight is 257 g/mol. The minimum Gasteiger partial charge on any atom is -0.466 e. The summed E-state index contributed by atoms with van der Waals surface area (Å²) in [5.74, 6) is -0.124. The van der Waals surface area contributed by atoms with Crippen LogP contribution in [0.4, 0.5) is 0 Å². The standard InChI is InChI=1S/C14H27NO3/c1-4-18-13(16)11-14(2,12-17-3)15-9-7-5-6-8-10-15/h4-12H2,1-3H3. The molecule has 1 saturated heterocycles. The van der Waals surface area contributed by atoms with E-state index in [0.717, 1.165) is 13.1 Å². The molecule has 18 heavy (non-hydrogen) atoms. The second kappa shape index (κ2) is 7.74. The number of methoxy groups -OCH3 is 1. The summed E-state index contributed by atoms with van der Waals surface area (Å²) >= 11 is 0. The highest BCUT2D eigenvalue weighted by Crippen LogP contribution is 2.24. The molecule has 0 aromatic rings. The van der Waals surface area contributed by atoms with Crippen molar-refractivity contribution < 1.29 is 14.3 Å². The first kappa shape index (κ1) is 15.4. The number of ether oxygens (including phenoxy) is 2. The number of rotatable bonds is 6. The zero-order valence-corrected chi connectivity index (χ0v) is 12.0. The van der Waals surface area contributed by atoms with Gasteiger partial charge in [-0.3, -0.25) is 9.69 Å². The maximum atomic E-state index is 11.8. The summed E-state index contributed by atoms with van der Waals surface area (Å²) in [7, 11) is 1.70. The average Bonchev–Trinajstić information content (AvgIpc) is 2.58. The van der Waals surface area contributed by atoms with Crippen molar-refractivity contribution in [2.24, 2.45) is 0 Å². The molecule has 0 radical (unpaired) electrons. The highest BCUT2D eigenvalue weighted by molar-refractivity contribution is 5.70. The second-order valence-corrected chi connectivity index (χ2v) is 5.31. The number of carbonyl (C=O) groups excluding carboxylic acids is 1. The van der Waals surface area contributed by atoms with Crippen LogP contribution in [0.3, 0.4) is 0 Å². The third kappa shape index (κ3) is 4.58. The number of nitrogens with zero attached hydrogens (tertiary/aromatic N) is 1. The van der Waals surface area contributed by atoms with E-state index in [2.05, 4.69) is 11.8 Å². The normalized spacial score (nSPS) is 21.1. The molecule has 1 atom stereocenters. The predicted molar refractivity (Wildman–Crippen MR) is 71.6 cm³/mol. The molecule has 1 rings (SSSR count). The molecule has 4 heteroatoms. The van der Waals surface area contributed by atoms with Crippen molar-refractivity contribution in [3.8, 4) is 0 Å². The number of hydrogen-bond acceptors (Lipinski definition) is 4. The summed E-state index contributed by atoms with van der Waals surface area (Å²) in [6.07, 6.45) is 5.41. The molecule has 0 aromatic carbocycles. The molecule has 0 N–H and O–H groups in total. The van der Waals surface area contributed by atoms with Crippen molar-refractivity contribution in [3.05, 3.63) is 0 Å². The van der Waals surface area contributed by atoms with Crippen LogP contribution in [0.1, 0.15) is 46.0 Å². The minimum atomic E-state index is -0.231. The third-order valence-electron chi connectivity index (χ3n) is 3.66. The van der Waals surface area contributed by atoms with Gasteiger partial charge in [-0.1, -0.05) is 12.8 Å². The summed E-state index contributed by atoms with van der Waals surface area (Å²) in [5.41, 5.74) is -0.231. The van der Waals surface area contributed by atoms with E-state index < -0.39 is 0 Å². The fourth-order valence-electron chi connectivity index (χ4n) is 2.70. The monoisotopic (exact) mass is 257 g/mol. The predicted octanol–water partition coefficient (Wildman–Crippen LogP) is 2.22. The molecule has 0 saturated carbocycles. The molecule has 4 nitrogen and oxygen atoms in total. The van der Waals surface area contributed by atoms with Gasteiger partial charge in [0.15, 0.2) is 0 Å². The van der Waals surface area contributed by atoms with Gasteiger partial charge in [0.25, 0.3) is 0 Å². The zero-order valence-electron chi connectivity index (χ0n) is 12.0. The molecule has 1 aliphatic rings. The highest BCUT2D eigenvalue weighted by atomic mass is 16.5. The Balaban J connectivity index is 2.66. The van der Waals surface area contributed by atoms with Gasteiger partial charge in [0, 0.05) is 7.11 Å². The summed E-state index contributed by atoms with van der Waals surface area (Å²) in [6.45, 7) is 7.09. The Morgan fingerprint density at radius 1 is 1.22 bits per heavy atom. The smallest absolute Gasteiger partial charge is 0.307 e. The Morgan fingerprint density at radius 3 is 2.33 bits per heavy atom. The van der Waals surface area contributed by atoms with Gasteiger partial charge < -0.3 is 9.47 Å². The van der Waals surface area contributed by atoms with Crippen LogP contribution in [0, 0.1) is 0 Å². The van der Waals surface area contributed by atoms with E-state index in [1.807, 2.05) is 6.92 Å². The lowest BCUT2D eigenvalue weighted by atomic mass is 9.96. The molecule has 1 unspecified atom stereocenters. The van der Waals surface area contributed by atoms with Crippen LogP contribution in [0.25, 0.3) is 0 Å². The first-order valence-electron chi connectivity index (χ1n) is 7.02. The molecule has 0 spiro atoms.